The van der Waals surface area contributed by atoms with Crippen molar-refractivity contribution in [3.8, 4) is 0 Å². The Morgan fingerprint density at radius 3 is 2.80 bits per heavy atom. The van der Waals surface area contributed by atoms with Gasteiger partial charge < -0.3 is 9.90 Å². The van der Waals surface area contributed by atoms with Gasteiger partial charge in [0, 0.05) is 12.4 Å². The molecule has 3 nitrogen and oxygen atoms in total. The summed E-state index contributed by atoms with van der Waals surface area (Å²) in [5.74, 6) is -1.08. The second-order valence-electron chi connectivity index (χ2n) is 4.71. The van der Waals surface area contributed by atoms with Gasteiger partial charge in [-0.2, -0.15) is 0 Å². The maximum absolute atomic E-state index is 10.9. The van der Waals surface area contributed by atoms with Crippen molar-refractivity contribution < 1.29 is 39.5 Å². The second kappa shape index (κ2) is 6.35. The second-order valence-corrected chi connectivity index (χ2v) is 4.71. The molecule has 0 aliphatic heterocycles. The number of aliphatic carboxylic acids is 1. The van der Waals surface area contributed by atoms with Gasteiger partial charge in [-0.25, -0.2) is 0 Å². The zero-order chi connectivity index (χ0) is 13.2. The number of fused-ring (bicyclic) bond motifs is 1. The fraction of sp³-hybridized carbons (Fsp3) is 0.125. The Balaban J connectivity index is 0.00000147. The van der Waals surface area contributed by atoms with E-state index in [4.69, 9.17) is 0 Å². The molecule has 0 fully saturated rings. The van der Waals surface area contributed by atoms with Crippen molar-refractivity contribution >= 4 is 12.0 Å². The molecule has 3 rings (SSSR count). The fourth-order valence-electron chi connectivity index (χ4n) is 2.38. The third kappa shape index (κ3) is 3.18. The summed E-state index contributed by atoms with van der Waals surface area (Å²) in [7, 11) is 0. The van der Waals surface area contributed by atoms with Crippen LogP contribution in [0.3, 0.4) is 0 Å². The van der Waals surface area contributed by atoms with Crippen molar-refractivity contribution in [3.05, 3.63) is 70.6 Å². The van der Waals surface area contributed by atoms with Crippen LogP contribution in [0.2, 0.25) is 0 Å². The molecule has 1 aliphatic rings. The van der Waals surface area contributed by atoms with E-state index < -0.39 is 5.97 Å². The normalized spacial score (nSPS) is 12.3. The van der Waals surface area contributed by atoms with Gasteiger partial charge in [0.25, 0.3) is 0 Å². The Kier molecular flexibility index (Phi) is 4.76. The predicted molar refractivity (Wildman–Crippen MR) is 70.2 cm³/mol. The molecule has 0 N–H and O–H groups in total. The Morgan fingerprint density at radius 2 is 2.10 bits per heavy atom. The van der Waals surface area contributed by atoms with Gasteiger partial charge in [-0.05, 0) is 52.8 Å². The van der Waals surface area contributed by atoms with E-state index in [9.17, 15) is 9.90 Å². The van der Waals surface area contributed by atoms with Crippen LogP contribution >= 0.6 is 0 Å². The molecule has 1 heterocycles. The topological polar surface area (TPSA) is 53.0 Å². The minimum absolute atomic E-state index is 0. The van der Waals surface area contributed by atoms with Crippen molar-refractivity contribution in [1.82, 2.24) is 4.98 Å². The summed E-state index contributed by atoms with van der Waals surface area (Å²) in [5.41, 5.74) is 4.71. The molecule has 0 spiro atoms. The molecule has 0 bridgehead atoms. The van der Waals surface area contributed by atoms with E-state index in [0.29, 0.717) is 12.0 Å². The van der Waals surface area contributed by atoms with Crippen molar-refractivity contribution in [2.24, 2.45) is 0 Å². The fourth-order valence-corrected chi connectivity index (χ4v) is 2.38. The first-order valence-electron chi connectivity index (χ1n) is 6.15. The average molecular weight is 273 g/mol. The quantitative estimate of drug-likeness (QED) is 0.631. The molecule has 0 atom stereocenters. The molecule has 20 heavy (non-hydrogen) atoms. The molecule has 1 aromatic heterocycles. The summed E-state index contributed by atoms with van der Waals surface area (Å²) in [5, 5.41) is 10.9. The first-order chi connectivity index (χ1) is 9.22. The zero-order valence-corrected chi connectivity index (χ0v) is 13.3. The maximum atomic E-state index is 10.9. The smallest absolute Gasteiger partial charge is 0.545 e. The number of benzene rings is 1. The monoisotopic (exact) mass is 273 g/mol. The van der Waals surface area contributed by atoms with Crippen molar-refractivity contribution in [2.75, 3.05) is 0 Å². The average Bonchev–Trinajstić information content (AvgIpc) is 2.83. The molecular weight excluding hydrogens is 261 g/mol. The van der Waals surface area contributed by atoms with Crippen LogP contribution in [0.5, 0.6) is 0 Å². The number of aromatic nitrogens is 1. The summed E-state index contributed by atoms with van der Waals surface area (Å²) in [4.78, 5) is 15.0. The molecule has 1 aromatic carbocycles. The first-order valence-corrected chi connectivity index (χ1v) is 6.15. The molecular formula is C16H12NNaO2. The maximum Gasteiger partial charge on any atom is 1.00 e. The number of carboxylic acids is 1. The molecule has 0 amide bonds. The predicted octanol–water partition coefficient (Wildman–Crippen LogP) is -1.63. The van der Waals surface area contributed by atoms with Crippen LogP contribution in [-0.2, 0) is 17.6 Å². The van der Waals surface area contributed by atoms with Crippen LogP contribution < -0.4 is 34.7 Å². The minimum atomic E-state index is -1.08. The number of hydrogen-bond acceptors (Lipinski definition) is 3. The number of carbonyl (C=O) groups excluding carboxylic acids is 1. The Bertz CT molecular complexity index is 665. The number of pyridine rings is 1. The van der Waals surface area contributed by atoms with Gasteiger partial charge in [-0.15, -0.1) is 0 Å². The molecule has 2 aromatic rings. The number of hydrogen-bond donors (Lipinski definition) is 0. The summed E-state index contributed by atoms with van der Waals surface area (Å²) >= 11 is 0. The van der Waals surface area contributed by atoms with Gasteiger partial charge in [-0.3, -0.25) is 4.98 Å². The van der Waals surface area contributed by atoms with Crippen LogP contribution in [0.15, 0.2) is 48.3 Å². The van der Waals surface area contributed by atoms with Gasteiger partial charge in [0.15, 0.2) is 0 Å². The van der Waals surface area contributed by atoms with E-state index in [1.807, 2.05) is 30.5 Å². The van der Waals surface area contributed by atoms with E-state index in [-0.39, 0.29) is 29.6 Å². The summed E-state index contributed by atoms with van der Waals surface area (Å²) in [6.07, 6.45) is 6.55. The molecule has 0 radical (unpaired) electrons. The third-order valence-corrected chi connectivity index (χ3v) is 3.31. The van der Waals surface area contributed by atoms with Crippen LogP contribution in [0.25, 0.3) is 6.08 Å². The first kappa shape index (κ1) is 15.0. The summed E-state index contributed by atoms with van der Waals surface area (Å²) < 4.78 is 0. The molecule has 4 heteroatoms. The van der Waals surface area contributed by atoms with Crippen molar-refractivity contribution in [2.45, 2.75) is 12.8 Å². The van der Waals surface area contributed by atoms with Crippen molar-refractivity contribution in [3.63, 3.8) is 0 Å². The summed E-state index contributed by atoms with van der Waals surface area (Å²) in [6, 6.07) is 10.0. The number of carboxylic acid groups (broad SMARTS) is 1. The summed E-state index contributed by atoms with van der Waals surface area (Å²) in [6.45, 7) is 0. The number of nitrogens with zero attached hydrogens (tertiary/aromatic N) is 1. The van der Waals surface area contributed by atoms with Gasteiger partial charge in [0.1, 0.15) is 0 Å². The third-order valence-electron chi connectivity index (χ3n) is 3.31. The van der Waals surface area contributed by atoms with Crippen LogP contribution in [0.1, 0.15) is 22.3 Å². The van der Waals surface area contributed by atoms with Gasteiger partial charge in [0.2, 0.25) is 0 Å². The standard InChI is InChI=1S/C16H13NO2.Na/c18-16(19)15-8-13-4-3-11(7-14(13)9-15)6-12-2-1-5-17-10-12;/h1-5,7-8,10H,6,9H2,(H,18,19);/q;+1/p-1. The van der Waals surface area contributed by atoms with Gasteiger partial charge >= 0.3 is 29.6 Å². The van der Waals surface area contributed by atoms with Crippen LogP contribution in [0.4, 0.5) is 0 Å². The Hall–Kier alpha value is -1.42. The molecule has 0 unspecified atom stereocenters. The number of rotatable bonds is 3. The van der Waals surface area contributed by atoms with Gasteiger partial charge in [0.05, 0.1) is 5.97 Å². The van der Waals surface area contributed by atoms with E-state index in [1.54, 1.807) is 12.3 Å². The SMILES string of the molecule is O=C([O-])C1=Cc2ccc(Cc3cccnc3)cc2C1.[Na+]. The van der Waals surface area contributed by atoms with Crippen LogP contribution in [-0.4, -0.2) is 11.0 Å². The minimum Gasteiger partial charge on any atom is -0.545 e. The van der Waals surface area contributed by atoms with Gasteiger partial charge in [-0.1, -0.05) is 24.3 Å². The molecule has 0 saturated heterocycles. The molecule has 94 valence electrons. The largest absolute Gasteiger partial charge is 1.00 e. The molecule has 1 aliphatic carbocycles. The van der Waals surface area contributed by atoms with Crippen LogP contribution in [0, 0.1) is 0 Å². The Labute approximate surface area is 139 Å². The Morgan fingerprint density at radius 1 is 1.25 bits per heavy atom. The van der Waals surface area contributed by atoms with E-state index in [0.717, 1.165) is 23.1 Å². The van der Waals surface area contributed by atoms with Crippen molar-refractivity contribution in [1.29, 1.82) is 0 Å². The van der Waals surface area contributed by atoms with E-state index in [1.165, 1.54) is 5.56 Å². The van der Waals surface area contributed by atoms with E-state index >= 15 is 0 Å². The number of carbonyl (C=O) groups is 1. The molecule has 0 saturated carbocycles. The van der Waals surface area contributed by atoms with E-state index in [2.05, 4.69) is 11.1 Å². The zero-order valence-electron chi connectivity index (χ0n) is 11.3.